The minimum Gasteiger partial charge on any atom is -0.0761 e. The van der Waals surface area contributed by atoms with Crippen molar-refractivity contribution >= 4 is 23.6 Å². The first-order valence-corrected chi connectivity index (χ1v) is 21.3. The van der Waals surface area contributed by atoms with Gasteiger partial charge >= 0.3 is 0 Å². The first-order valence-electron chi connectivity index (χ1n) is 19.2. The van der Waals surface area contributed by atoms with Gasteiger partial charge in [0.25, 0.3) is 0 Å². The van der Waals surface area contributed by atoms with Crippen molar-refractivity contribution in [1.82, 2.24) is 0 Å². The molecule has 1 aliphatic carbocycles. The Balaban J connectivity index is 2.46. The zero-order chi connectivity index (χ0) is 38.2. The Morgan fingerprint density at radius 1 is 0.360 bits per heavy atom. The Morgan fingerprint density at radius 3 is 0.740 bits per heavy atom. The molecule has 0 nitrogen and oxygen atoms in total. The highest BCUT2D eigenvalue weighted by Crippen LogP contribution is 2.41. The van der Waals surface area contributed by atoms with Gasteiger partial charge < -0.3 is 0 Å². The lowest BCUT2D eigenvalue weighted by Gasteiger charge is -2.43. The van der Waals surface area contributed by atoms with Crippen LogP contribution in [0.4, 0.5) is 0 Å². The van der Waals surface area contributed by atoms with Crippen LogP contribution in [-0.4, -0.2) is 8.07 Å². The molecule has 3 aromatic rings. The second-order valence-corrected chi connectivity index (χ2v) is 26.0. The molecule has 0 saturated heterocycles. The molecule has 0 radical (unpaired) electrons. The quantitative estimate of drug-likeness (QED) is 0.189. The van der Waals surface area contributed by atoms with E-state index in [-0.39, 0.29) is 38.0 Å². The minimum atomic E-state index is -2.90. The van der Waals surface area contributed by atoms with Crippen LogP contribution < -0.4 is 15.6 Å². The molecule has 4 rings (SSSR count). The van der Waals surface area contributed by atoms with Crippen molar-refractivity contribution in [2.75, 3.05) is 0 Å². The number of rotatable bonds is 4. The molecule has 50 heavy (non-hydrogen) atoms. The van der Waals surface area contributed by atoms with Crippen molar-refractivity contribution < 1.29 is 0 Å². The summed E-state index contributed by atoms with van der Waals surface area (Å²) < 4.78 is 0. The van der Waals surface area contributed by atoms with E-state index in [1.54, 1.807) is 0 Å². The van der Waals surface area contributed by atoms with Crippen LogP contribution in [0, 0.1) is 0 Å². The summed E-state index contributed by atoms with van der Waals surface area (Å²) in [6, 6.07) is 23.4. The lowest BCUT2D eigenvalue weighted by Crippen LogP contribution is -2.70. The maximum Gasteiger partial charge on any atom is 0.159 e. The highest BCUT2D eigenvalue weighted by atomic mass is 28.3. The van der Waals surface area contributed by atoms with Crippen LogP contribution in [0.3, 0.4) is 0 Å². The summed E-state index contributed by atoms with van der Waals surface area (Å²) in [5.41, 5.74) is 11.8. The maximum absolute atomic E-state index is 2.90. The number of hydrogen-bond donors (Lipinski definition) is 0. The summed E-state index contributed by atoms with van der Waals surface area (Å²) in [7, 11) is -2.90. The van der Waals surface area contributed by atoms with E-state index in [2.05, 4.69) is 205 Å². The van der Waals surface area contributed by atoms with E-state index >= 15 is 0 Å². The molecule has 0 amide bonds. The summed E-state index contributed by atoms with van der Waals surface area (Å²) in [5, 5.41) is 4.61. The molecular weight excluding hydrogens is 617 g/mol. The van der Waals surface area contributed by atoms with Gasteiger partial charge in [-0.05, 0) is 95.3 Å². The molecule has 0 aliphatic heterocycles. The lowest BCUT2D eigenvalue weighted by atomic mass is 9.80. The van der Waals surface area contributed by atoms with Crippen LogP contribution in [0.15, 0.2) is 77.9 Å². The molecule has 272 valence electrons. The van der Waals surface area contributed by atoms with Crippen molar-refractivity contribution in [3.8, 4) is 0 Å². The van der Waals surface area contributed by atoms with Crippen molar-refractivity contribution in [2.45, 2.75) is 177 Å². The zero-order valence-electron chi connectivity index (χ0n) is 35.9. The summed E-state index contributed by atoms with van der Waals surface area (Å²) in [6.07, 6.45) is 5.12. The highest BCUT2D eigenvalue weighted by Gasteiger charge is 2.49. The Bertz CT molecular complexity index is 1520. The van der Waals surface area contributed by atoms with Gasteiger partial charge in [-0.15, -0.1) is 0 Å². The standard InChI is InChI=1S/C49H72Si/c1-32-21-33(2)43(22-32)50(40-26-34(44(3,4)5)23-35(27-40)45(6,7)8,41-28-36(46(9,10)11)24-37(29-41)47(12,13)14)42-30-38(48(15,16)17)25-39(31-42)49(18,19)20/h21-31,43H,1-20H3. The number of hydrogen-bond acceptors (Lipinski definition) is 0. The van der Waals surface area contributed by atoms with Gasteiger partial charge in [-0.1, -0.05) is 203 Å². The molecule has 3 aromatic carbocycles. The van der Waals surface area contributed by atoms with Crippen molar-refractivity contribution in [3.05, 3.63) is 111 Å². The summed E-state index contributed by atoms with van der Waals surface area (Å²) >= 11 is 0. The molecule has 0 heterocycles. The van der Waals surface area contributed by atoms with E-state index in [4.69, 9.17) is 0 Å². The lowest BCUT2D eigenvalue weighted by molar-refractivity contribution is 0.569. The molecule has 1 unspecified atom stereocenters. The predicted octanol–water partition coefficient (Wildman–Crippen LogP) is 12.2. The zero-order valence-corrected chi connectivity index (χ0v) is 36.9. The van der Waals surface area contributed by atoms with Gasteiger partial charge in [0.1, 0.15) is 0 Å². The molecule has 0 aromatic heterocycles. The SMILES string of the molecule is CC1=CC([Si](c2cc(C(C)(C)C)cc(C(C)(C)C)c2)(c2cc(C(C)(C)C)cc(C(C)(C)C)c2)c2cc(C(C)(C)C)cc(C(C)(C)C)c2)C(C)=C1. The van der Waals surface area contributed by atoms with Gasteiger partial charge in [-0.3, -0.25) is 0 Å². The molecule has 1 heteroatoms. The third-order valence-electron chi connectivity index (χ3n) is 11.2. The van der Waals surface area contributed by atoms with E-state index < -0.39 is 8.07 Å². The van der Waals surface area contributed by atoms with Crippen LogP contribution in [0.25, 0.3) is 0 Å². The monoisotopic (exact) mass is 689 g/mol. The summed E-state index contributed by atoms with van der Waals surface area (Å²) in [4.78, 5) is 0. The molecule has 1 aliphatic rings. The van der Waals surface area contributed by atoms with Crippen LogP contribution in [0.1, 0.15) is 172 Å². The van der Waals surface area contributed by atoms with Gasteiger partial charge in [0, 0.05) is 5.54 Å². The van der Waals surface area contributed by atoms with Crippen LogP contribution in [0.5, 0.6) is 0 Å². The molecule has 0 spiro atoms. The van der Waals surface area contributed by atoms with Crippen molar-refractivity contribution in [3.63, 3.8) is 0 Å². The molecular formula is C49H72Si. The predicted molar refractivity (Wildman–Crippen MR) is 227 cm³/mol. The van der Waals surface area contributed by atoms with Crippen LogP contribution in [0.2, 0.25) is 5.54 Å². The number of allylic oxidation sites excluding steroid dienone is 4. The first-order chi connectivity index (χ1) is 22.4. The molecule has 0 fully saturated rings. The third-order valence-corrected chi connectivity index (χ3v) is 16.4. The molecule has 0 N–H and O–H groups in total. The van der Waals surface area contributed by atoms with E-state index in [9.17, 15) is 0 Å². The van der Waals surface area contributed by atoms with Gasteiger partial charge in [0.2, 0.25) is 0 Å². The van der Waals surface area contributed by atoms with Gasteiger partial charge in [-0.2, -0.15) is 0 Å². The van der Waals surface area contributed by atoms with Crippen molar-refractivity contribution in [2.24, 2.45) is 0 Å². The Hall–Kier alpha value is -2.64. The maximum atomic E-state index is 2.65. The Labute approximate surface area is 310 Å². The average molecular weight is 689 g/mol. The van der Waals surface area contributed by atoms with Gasteiger partial charge in [0.05, 0.1) is 0 Å². The fourth-order valence-electron chi connectivity index (χ4n) is 7.56. The average Bonchev–Trinajstić information content (AvgIpc) is 3.27. The van der Waals surface area contributed by atoms with Gasteiger partial charge in [0.15, 0.2) is 8.07 Å². The van der Waals surface area contributed by atoms with E-state index in [1.165, 1.54) is 60.1 Å². The van der Waals surface area contributed by atoms with E-state index in [0.29, 0.717) is 0 Å². The molecule has 0 bridgehead atoms. The van der Waals surface area contributed by atoms with Crippen LogP contribution in [-0.2, 0) is 32.5 Å². The second kappa shape index (κ2) is 12.8. The van der Waals surface area contributed by atoms with Crippen molar-refractivity contribution in [1.29, 1.82) is 0 Å². The molecule has 1 atom stereocenters. The number of benzene rings is 3. The Morgan fingerprint density at radius 2 is 0.580 bits per heavy atom. The summed E-state index contributed by atoms with van der Waals surface area (Å²) in [5.74, 6) is 0. The highest BCUT2D eigenvalue weighted by molar-refractivity contribution is 7.13. The van der Waals surface area contributed by atoms with Gasteiger partial charge in [-0.25, -0.2) is 0 Å². The largest absolute Gasteiger partial charge is 0.159 e. The first kappa shape index (κ1) is 40.1. The third kappa shape index (κ3) is 8.04. The summed E-state index contributed by atoms with van der Waals surface area (Å²) in [6.45, 7) is 47.8. The second-order valence-electron chi connectivity index (χ2n) is 22.0. The molecule has 0 saturated carbocycles. The Kier molecular flexibility index (Phi) is 10.3. The van der Waals surface area contributed by atoms with E-state index in [1.807, 2.05) is 0 Å². The fraction of sp³-hybridized carbons (Fsp3) is 0.551. The van der Waals surface area contributed by atoms with E-state index in [0.717, 1.165) is 0 Å². The smallest absolute Gasteiger partial charge is 0.0761 e. The van der Waals surface area contributed by atoms with Crippen LogP contribution >= 0.6 is 0 Å². The minimum absolute atomic E-state index is 0.0100. The topological polar surface area (TPSA) is 0 Å². The normalized spacial score (nSPS) is 16.8. The fourth-order valence-corrected chi connectivity index (χ4v) is 13.2.